The minimum absolute atomic E-state index is 0.0118. The van der Waals surface area contributed by atoms with Gasteiger partial charge in [0.15, 0.2) is 23.4 Å². The molecule has 0 N–H and O–H groups in total. The minimum Gasteiger partial charge on any atom is -0.486 e. The van der Waals surface area contributed by atoms with Crippen molar-refractivity contribution in [1.29, 1.82) is 0 Å². The van der Waals surface area contributed by atoms with Crippen LogP contribution in [0.1, 0.15) is 31.5 Å². The van der Waals surface area contributed by atoms with E-state index in [1.54, 1.807) is 11.9 Å². The Balaban J connectivity index is 1.46. The highest BCUT2D eigenvalue weighted by molar-refractivity contribution is 5.76. The van der Waals surface area contributed by atoms with Crippen molar-refractivity contribution in [3.63, 3.8) is 0 Å². The monoisotopic (exact) mass is 345 g/mol. The van der Waals surface area contributed by atoms with Crippen molar-refractivity contribution in [1.82, 2.24) is 15.0 Å². The number of aromatic nitrogens is 2. The maximum Gasteiger partial charge on any atom is 0.227 e. The zero-order valence-corrected chi connectivity index (χ0v) is 14.6. The van der Waals surface area contributed by atoms with E-state index < -0.39 is 0 Å². The second kappa shape index (κ2) is 8.00. The van der Waals surface area contributed by atoms with Gasteiger partial charge in [-0.3, -0.25) is 4.79 Å². The molecule has 0 radical (unpaired) electrons. The van der Waals surface area contributed by atoms with Crippen LogP contribution >= 0.6 is 0 Å². The maximum absolute atomic E-state index is 12.3. The van der Waals surface area contributed by atoms with Gasteiger partial charge in [0, 0.05) is 26.3 Å². The molecule has 134 valence electrons. The highest BCUT2D eigenvalue weighted by Crippen LogP contribution is 2.30. The zero-order valence-electron chi connectivity index (χ0n) is 14.6. The topological polar surface area (TPSA) is 77.7 Å². The normalized spacial score (nSPS) is 15.8. The Hall–Kier alpha value is -2.57. The van der Waals surface area contributed by atoms with E-state index in [4.69, 9.17) is 14.0 Å². The van der Waals surface area contributed by atoms with Crippen LogP contribution in [0.25, 0.3) is 0 Å². The number of ether oxygens (including phenoxy) is 2. The zero-order chi connectivity index (χ0) is 17.6. The van der Waals surface area contributed by atoms with Crippen molar-refractivity contribution < 1.29 is 18.8 Å². The predicted molar refractivity (Wildman–Crippen MR) is 90.6 cm³/mol. The van der Waals surface area contributed by atoms with Gasteiger partial charge in [-0.1, -0.05) is 24.2 Å². The summed E-state index contributed by atoms with van der Waals surface area (Å²) in [5, 5.41) is 3.90. The van der Waals surface area contributed by atoms with Gasteiger partial charge < -0.3 is 18.9 Å². The molecule has 0 bridgehead atoms. The fourth-order valence-electron chi connectivity index (χ4n) is 2.68. The first kappa shape index (κ1) is 17.3. The molecule has 7 nitrogen and oxygen atoms in total. The third kappa shape index (κ3) is 4.49. The van der Waals surface area contributed by atoms with Gasteiger partial charge in [-0.15, -0.1) is 0 Å². The largest absolute Gasteiger partial charge is 0.486 e. The molecule has 3 rings (SSSR count). The van der Waals surface area contributed by atoms with Gasteiger partial charge in [-0.2, -0.15) is 4.98 Å². The second-order valence-electron chi connectivity index (χ2n) is 6.13. The predicted octanol–water partition coefficient (Wildman–Crippen LogP) is 2.25. The number of nitrogens with zero attached hydrogens (tertiary/aromatic N) is 3. The van der Waals surface area contributed by atoms with Crippen LogP contribution in [-0.4, -0.2) is 47.3 Å². The smallest absolute Gasteiger partial charge is 0.227 e. The van der Waals surface area contributed by atoms with E-state index in [0.717, 1.165) is 18.6 Å². The van der Waals surface area contributed by atoms with Crippen LogP contribution in [0.3, 0.4) is 0 Å². The van der Waals surface area contributed by atoms with Crippen LogP contribution in [0.4, 0.5) is 0 Å². The van der Waals surface area contributed by atoms with E-state index in [1.807, 2.05) is 24.3 Å². The highest BCUT2D eigenvalue weighted by atomic mass is 16.6. The third-order valence-corrected chi connectivity index (χ3v) is 4.01. The van der Waals surface area contributed by atoms with Crippen LogP contribution < -0.4 is 9.47 Å². The summed E-state index contributed by atoms with van der Waals surface area (Å²) in [6.07, 6.45) is 2.35. The molecule has 1 aromatic carbocycles. The molecule has 0 fully saturated rings. The summed E-state index contributed by atoms with van der Waals surface area (Å²) in [5.74, 6) is 2.68. The summed E-state index contributed by atoms with van der Waals surface area (Å²) in [7, 11) is 1.77. The Labute approximate surface area is 146 Å². The lowest BCUT2D eigenvalue weighted by Gasteiger charge is -2.29. The Morgan fingerprint density at radius 1 is 1.28 bits per heavy atom. The molecular formula is C18H23N3O4. The number of fused-ring (bicyclic) bond motifs is 1. The molecule has 25 heavy (non-hydrogen) atoms. The van der Waals surface area contributed by atoms with Gasteiger partial charge in [0.2, 0.25) is 11.8 Å². The van der Waals surface area contributed by atoms with Crippen LogP contribution in [0.15, 0.2) is 28.8 Å². The van der Waals surface area contributed by atoms with Crippen molar-refractivity contribution in [3.05, 3.63) is 36.0 Å². The number of benzene rings is 1. The van der Waals surface area contributed by atoms with Gasteiger partial charge in [0.25, 0.3) is 0 Å². The van der Waals surface area contributed by atoms with E-state index in [-0.39, 0.29) is 12.0 Å². The molecule has 1 atom stereocenters. The summed E-state index contributed by atoms with van der Waals surface area (Å²) in [6.45, 7) is 2.96. The molecule has 0 unspecified atom stereocenters. The number of likely N-dealkylation sites (N-methyl/N-ethyl adjacent to an activating group) is 1. The summed E-state index contributed by atoms with van der Waals surface area (Å²) in [5.41, 5.74) is 0. The Kier molecular flexibility index (Phi) is 5.53. The molecule has 0 saturated carbocycles. The minimum atomic E-state index is -0.177. The summed E-state index contributed by atoms with van der Waals surface area (Å²) in [6, 6.07) is 7.54. The van der Waals surface area contributed by atoms with Crippen molar-refractivity contribution in [2.45, 2.75) is 38.7 Å². The number of rotatable bonds is 7. The van der Waals surface area contributed by atoms with Crippen molar-refractivity contribution in [2.24, 2.45) is 0 Å². The number of amides is 1. The molecule has 7 heteroatoms. The quantitative estimate of drug-likeness (QED) is 0.766. The number of hydrogen-bond acceptors (Lipinski definition) is 6. The molecule has 1 aliphatic rings. The molecule has 0 aliphatic carbocycles. The van der Waals surface area contributed by atoms with E-state index in [2.05, 4.69) is 17.1 Å². The molecule has 0 spiro atoms. The number of carbonyl (C=O) groups excluding carboxylic acids is 1. The number of hydrogen-bond donors (Lipinski definition) is 0. The van der Waals surface area contributed by atoms with Crippen molar-refractivity contribution in [2.75, 3.05) is 20.2 Å². The van der Waals surface area contributed by atoms with Crippen LogP contribution in [0, 0.1) is 0 Å². The average Bonchev–Trinajstić information content (AvgIpc) is 3.07. The van der Waals surface area contributed by atoms with Crippen LogP contribution in [0.2, 0.25) is 0 Å². The third-order valence-electron chi connectivity index (χ3n) is 4.01. The van der Waals surface area contributed by atoms with Gasteiger partial charge in [-0.25, -0.2) is 0 Å². The molecule has 1 aromatic heterocycles. The maximum atomic E-state index is 12.3. The Morgan fingerprint density at radius 3 is 2.88 bits per heavy atom. The van der Waals surface area contributed by atoms with Gasteiger partial charge in [0.1, 0.15) is 6.61 Å². The van der Waals surface area contributed by atoms with E-state index in [9.17, 15) is 4.79 Å². The Bertz CT molecular complexity index is 716. The first-order valence-electron chi connectivity index (χ1n) is 8.59. The highest BCUT2D eigenvalue weighted by Gasteiger charge is 2.23. The van der Waals surface area contributed by atoms with E-state index >= 15 is 0 Å². The van der Waals surface area contributed by atoms with Gasteiger partial charge in [0.05, 0.1) is 6.54 Å². The molecule has 2 aromatic rings. The fraction of sp³-hybridized carbons (Fsp3) is 0.500. The van der Waals surface area contributed by atoms with E-state index in [0.29, 0.717) is 43.5 Å². The molecular weight excluding hydrogens is 322 g/mol. The molecule has 1 aliphatic heterocycles. The van der Waals surface area contributed by atoms with Crippen LogP contribution in [0.5, 0.6) is 11.5 Å². The SMILES string of the molecule is CCCc1noc(CCC(=O)N(C)C[C@H]2COc3ccccc3O2)n1. The average molecular weight is 345 g/mol. The van der Waals surface area contributed by atoms with Crippen LogP contribution in [-0.2, 0) is 17.6 Å². The standard InChI is InChI=1S/C18H23N3O4/c1-3-6-16-19-17(25-20-16)9-10-18(22)21(2)11-13-12-23-14-7-4-5-8-15(14)24-13/h4-5,7-8,13H,3,6,9-12H2,1-2H3/t13-/m0/s1. The summed E-state index contributed by atoms with van der Waals surface area (Å²) >= 11 is 0. The number of carbonyl (C=O) groups is 1. The summed E-state index contributed by atoms with van der Waals surface area (Å²) < 4.78 is 16.7. The first-order chi connectivity index (χ1) is 12.2. The van der Waals surface area contributed by atoms with Gasteiger partial charge >= 0.3 is 0 Å². The Morgan fingerprint density at radius 2 is 2.08 bits per heavy atom. The lowest BCUT2D eigenvalue weighted by Crippen LogP contribution is -2.41. The number of para-hydroxylation sites is 2. The number of aryl methyl sites for hydroxylation is 2. The second-order valence-corrected chi connectivity index (χ2v) is 6.13. The van der Waals surface area contributed by atoms with Gasteiger partial charge in [-0.05, 0) is 18.6 Å². The van der Waals surface area contributed by atoms with Crippen molar-refractivity contribution >= 4 is 5.91 Å². The lowest BCUT2D eigenvalue weighted by atomic mass is 10.2. The molecule has 1 amide bonds. The van der Waals surface area contributed by atoms with Crippen molar-refractivity contribution in [3.8, 4) is 11.5 Å². The molecule has 0 saturated heterocycles. The van der Waals surface area contributed by atoms with E-state index in [1.165, 1.54) is 0 Å². The fourth-order valence-corrected chi connectivity index (χ4v) is 2.68. The molecule has 2 heterocycles. The summed E-state index contributed by atoms with van der Waals surface area (Å²) in [4.78, 5) is 18.2. The first-order valence-corrected chi connectivity index (χ1v) is 8.59. The lowest BCUT2D eigenvalue weighted by molar-refractivity contribution is -0.131.